The average molecular weight is 484 g/mol. The highest BCUT2D eigenvalue weighted by molar-refractivity contribution is 6.31. The number of benzene rings is 2. The molecular weight excluding hydrogens is 470 g/mol. The van der Waals surface area contributed by atoms with Crippen molar-refractivity contribution >= 4 is 29.2 Å². The standard InChI is InChI=1S/C21H14ClF4N3O4/c1-32-16-4-2-3-15(23)18(16)19(30)29-20(31)28-11-5-8-17(27-10-11)33-12-6-7-14(22)13(9-12)21(24,25)26/h2-10H,1H3,(H2,28,29,30,31). The summed E-state index contributed by atoms with van der Waals surface area (Å²) in [5.74, 6) is -2.18. The van der Waals surface area contributed by atoms with Crippen molar-refractivity contribution in [3.05, 3.63) is 76.7 Å². The summed E-state index contributed by atoms with van der Waals surface area (Å²) in [4.78, 5) is 28.1. The Kier molecular flexibility index (Phi) is 7.02. The maximum Gasteiger partial charge on any atom is 0.417 e. The van der Waals surface area contributed by atoms with Crippen molar-refractivity contribution in [1.82, 2.24) is 10.3 Å². The molecule has 0 spiro atoms. The number of aromatic nitrogens is 1. The van der Waals surface area contributed by atoms with Crippen LogP contribution in [-0.4, -0.2) is 24.0 Å². The lowest BCUT2D eigenvalue weighted by atomic mass is 10.1. The number of pyridine rings is 1. The van der Waals surface area contributed by atoms with Gasteiger partial charge in [-0.2, -0.15) is 13.2 Å². The van der Waals surface area contributed by atoms with Gasteiger partial charge in [0, 0.05) is 6.07 Å². The number of methoxy groups -OCH3 is 1. The van der Waals surface area contributed by atoms with Crippen LogP contribution in [0.5, 0.6) is 17.4 Å². The van der Waals surface area contributed by atoms with Gasteiger partial charge in [0.25, 0.3) is 5.91 Å². The predicted molar refractivity (Wildman–Crippen MR) is 110 cm³/mol. The molecule has 3 rings (SSSR count). The second kappa shape index (κ2) is 9.74. The molecule has 0 radical (unpaired) electrons. The third-order valence-electron chi connectivity index (χ3n) is 4.11. The van der Waals surface area contributed by atoms with Crippen molar-refractivity contribution in [3.63, 3.8) is 0 Å². The summed E-state index contributed by atoms with van der Waals surface area (Å²) < 4.78 is 63.0. The lowest BCUT2D eigenvalue weighted by Gasteiger charge is -2.12. The van der Waals surface area contributed by atoms with Crippen molar-refractivity contribution in [2.45, 2.75) is 6.18 Å². The molecule has 0 saturated heterocycles. The van der Waals surface area contributed by atoms with Gasteiger partial charge in [0.05, 0.1) is 29.6 Å². The van der Waals surface area contributed by atoms with Crippen LogP contribution in [0.1, 0.15) is 15.9 Å². The van der Waals surface area contributed by atoms with Crippen LogP contribution >= 0.6 is 11.6 Å². The van der Waals surface area contributed by atoms with Gasteiger partial charge in [-0.1, -0.05) is 17.7 Å². The van der Waals surface area contributed by atoms with Crippen LogP contribution in [0.2, 0.25) is 5.02 Å². The van der Waals surface area contributed by atoms with E-state index in [1.165, 1.54) is 37.4 Å². The third-order valence-corrected chi connectivity index (χ3v) is 4.44. The lowest BCUT2D eigenvalue weighted by Crippen LogP contribution is -2.35. The molecular formula is C21H14ClF4N3O4. The van der Waals surface area contributed by atoms with E-state index in [-0.39, 0.29) is 23.1 Å². The van der Waals surface area contributed by atoms with E-state index in [0.29, 0.717) is 0 Å². The first-order chi connectivity index (χ1) is 15.6. The summed E-state index contributed by atoms with van der Waals surface area (Å²) in [5, 5.41) is 3.79. The Balaban J connectivity index is 1.64. The summed E-state index contributed by atoms with van der Waals surface area (Å²) in [6.45, 7) is 0. The molecule has 0 aliphatic rings. The Morgan fingerprint density at radius 2 is 1.85 bits per heavy atom. The van der Waals surface area contributed by atoms with Crippen LogP contribution in [0.3, 0.4) is 0 Å². The monoisotopic (exact) mass is 483 g/mol. The van der Waals surface area contributed by atoms with Gasteiger partial charge in [-0.3, -0.25) is 10.1 Å². The zero-order valence-electron chi connectivity index (χ0n) is 16.7. The summed E-state index contributed by atoms with van der Waals surface area (Å²) in [6, 6.07) is 8.38. The molecule has 0 fully saturated rings. The molecule has 3 amide bonds. The number of carbonyl (C=O) groups excluding carboxylic acids is 2. The van der Waals surface area contributed by atoms with E-state index in [9.17, 15) is 27.2 Å². The number of hydrogen-bond acceptors (Lipinski definition) is 5. The SMILES string of the molecule is COc1cccc(F)c1C(=O)NC(=O)Nc1ccc(Oc2ccc(Cl)c(C(F)(F)F)c2)nc1. The predicted octanol–water partition coefficient (Wildman–Crippen LogP) is 5.66. The molecule has 0 bridgehead atoms. The first kappa shape index (κ1) is 23.8. The second-order valence-electron chi connectivity index (χ2n) is 6.35. The first-order valence-electron chi connectivity index (χ1n) is 9.04. The van der Waals surface area contributed by atoms with Crippen LogP contribution in [0.25, 0.3) is 0 Å². The van der Waals surface area contributed by atoms with Crippen LogP contribution < -0.4 is 20.1 Å². The van der Waals surface area contributed by atoms with Crippen LogP contribution in [0, 0.1) is 5.82 Å². The second-order valence-corrected chi connectivity index (χ2v) is 6.76. The van der Waals surface area contributed by atoms with Gasteiger partial charge < -0.3 is 14.8 Å². The van der Waals surface area contributed by atoms with Gasteiger partial charge in [0.1, 0.15) is 22.9 Å². The molecule has 0 unspecified atom stereocenters. The van der Waals surface area contributed by atoms with Gasteiger partial charge >= 0.3 is 12.2 Å². The zero-order chi connectivity index (χ0) is 24.2. The maximum atomic E-state index is 13.9. The number of nitrogens with zero attached hydrogens (tertiary/aromatic N) is 1. The number of rotatable bonds is 5. The fourth-order valence-corrected chi connectivity index (χ4v) is 2.87. The fraction of sp³-hybridized carbons (Fsp3) is 0.0952. The molecule has 0 saturated carbocycles. The smallest absolute Gasteiger partial charge is 0.417 e. The van der Waals surface area contributed by atoms with Crippen molar-refractivity contribution < 1.29 is 36.6 Å². The molecule has 0 atom stereocenters. The van der Waals surface area contributed by atoms with E-state index in [1.807, 2.05) is 5.32 Å². The van der Waals surface area contributed by atoms with E-state index >= 15 is 0 Å². The number of amides is 3. The molecule has 2 aromatic carbocycles. The van der Waals surface area contributed by atoms with Crippen LogP contribution in [-0.2, 0) is 6.18 Å². The quantitative estimate of drug-likeness (QED) is 0.457. The number of imide groups is 1. The summed E-state index contributed by atoms with van der Waals surface area (Å²) in [6.07, 6.45) is -3.52. The summed E-state index contributed by atoms with van der Waals surface area (Å²) in [5.41, 5.74) is -1.38. The van der Waals surface area contributed by atoms with Gasteiger partial charge in [-0.15, -0.1) is 0 Å². The molecule has 2 N–H and O–H groups in total. The highest BCUT2D eigenvalue weighted by Gasteiger charge is 2.33. The number of halogens is 5. The van der Waals surface area contributed by atoms with Crippen molar-refractivity contribution in [3.8, 4) is 17.4 Å². The third kappa shape index (κ3) is 5.89. The number of hydrogen-bond donors (Lipinski definition) is 2. The minimum Gasteiger partial charge on any atom is -0.496 e. The minimum atomic E-state index is -4.66. The Labute approximate surface area is 189 Å². The largest absolute Gasteiger partial charge is 0.496 e. The number of urea groups is 1. The lowest BCUT2D eigenvalue weighted by molar-refractivity contribution is -0.137. The van der Waals surface area contributed by atoms with Crippen molar-refractivity contribution in [2.75, 3.05) is 12.4 Å². The number of ether oxygens (including phenoxy) is 2. The number of alkyl halides is 3. The van der Waals surface area contributed by atoms with Gasteiger partial charge in [0.2, 0.25) is 5.88 Å². The van der Waals surface area contributed by atoms with Crippen LogP contribution in [0.4, 0.5) is 28.0 Å². The van der Waals surface area contributed by atoms with Crippen molar-refractivity contribution in [2.24, 2.45) is 0 Å². The van der Waals surface area contributed by atoms with Gasteiger partial charge in [0.15, 0.2) is 0 Å². The van der Waals surface area contributed by atoms with Crippen LogP contribution in [0.15, 0.2) is 54.7 Å². The molecule has 1 heterocycles. The molecule has 172 valence electrons. The number of anilines is 1. The first-order valence-corrected chi connectivity index (χ1v) is 9.41. The molecule has 12 heteroatoms. The van der Waals surface area contributed by atoms with E-state index in [1.54, 1.807) is 0 Å². The van der Waals surface area contributed by atoms with E-state index in [0.717, 1.165) is 24.4 Å². The topological polar surface area (TPSA) is 89.5 Å². The minimum absolute atomic E-state index is 0.0562. The Morgan fingerprint density at radius 1 is 1.09 bits per heavy atom. The van der Waals surface area contributed by atoms with Gasteiger partial charge in [-0.25, -0.2) is 14.2 Å². The molecule has 33 heavy (non-hydrogen) atoms. The molecule has 0 aliphatic heterocycles. The molecule has 0 aliphatic carbocycles. The normalized spacial score (nSPS) is 11.0. The summed E-state index contributed by atoms with van der Waals surface area (Å²) in [7, 11) is 1.24. The Morgan fingerprint density at radius 3 is 2.48 bits per heavy atom. The van der Waals surface area contributed by atoms with Gasteiger partial charge in [-0.05, 0) is 36.4 Å². The highest BCUT2D eigenvalue weighted by atomic mass is 35.5. The highest BCUT2D eigenvalue weighted by Crippen LogP contribution is 2.37. The molecule has 7 nitrogen and oxygen atoms in total. The van der Waals surface area contributed by atoms with Crippen molar-refractivity contribution in [1.29, 1.82) is 0 Å². The number of nitrogens with one attached hydrogen (secondary N) is 2. The zero-order valence-corrected chi connectivity index (χ0v) is 17.4. The number of carbonyl (C=O) groups is 2. The molecule has 3 aromatic rings. The average Bonchev–Trinajstić information content (AvgIpc) is 2.75. The fourth-order valence-electron chi connectivity index (χ4n) is 2.64. The maximum absolute atomic E-state index is 13.9. The summed E-state index contributed by atoms with van der Waals surface area (Å²) >= 11 is 5.56. The van der Waals surface area contributed by atoms with E-state index < -0.39 is 40.1 Å². The Hall–Kier alpha value is -3.86. The van der Waals surface area contributed by atoms with E-state index in [4.69, 9.17) is 21.1 Å². The Bertz CT molecular complexity index is 1190. The van der Waals surface area contributed by atoms with E-state index in [2.05, 4.69) is 10.3 Å². The molecule has 1 aromatic heterocycles.